The Morgan fingerprint density at radius 3 is 2.81 bits per heavy atom. The Kier molecular flexibility index (Phi) is 4.17. The smallest absolute Gasteiger partial charge is 0.239 e. The Balaban J connectivity index is 1.58. The van der Waals surface area contributed by atoms with Crippen molar-refractivity contribution in [3.05, 3.63) is 0 Å². The topological polar surface area (TPSA) is 61.9 Å². The zero-order chi connectivity index (χ0) is 14.9. The van der Waals surface area contributed by atoms with Crippen LogP contribution in [0.1, 0.15) is 26.2 Å². The molecule has 0 aromatic carbocycles. The molecule has 0 aromatic heterocycles. The van der Waals surface area contributed by atoms with Crippen LogP contribution in [-0.4, -0.2) is 73.6 Å². The van der Waals surface area contributed by atoms with Crippen LogP contribution in [0.2, 0.25) is 0 Å². The Morgan fingerprint density at radius 2 is 2.10 bits per heavy atom. The van der Waals surface area contributed by atoms with Crippen molar-refractivity contribution in [3.8, 4) is 0 Å². The summed E-state index contributed by atoms with van der Waals surface area (Å²) in [7, 11) is 0. The molecule has 2 amide bonds. The van der Waals surface area contributed by atoms with Crippen LogP contribution in [0.15, 0.2) is 0 Å². The number of piperazine rings is 1. The molecule has 0 saturated carbocycles. The van der Waals surface area contributed by atoms with Crippen LogP contribution in [-0.2, 0) is 14.3 Å². The van der Waals surface area contributed by atoms with E-state index in [1.807, 2.05) is 0 Å². The van der Waals surface area contributed by atoms with E-state index in [2.05, 4.69) is 17.1 Å². The average molecular weight is 295 g/mol. The minimum atomic E-state index is -0.0510. The molecule has 6 heteroatoms. The normalized spacial score (nSPS) is 29.7. The maximum atomic E-state index is 12.4. The van der Waals surface area contributed by atoms with Gasteiger partial charge in [0.15, 0.2) is 0 Å². The van der Waals surface area contributed by atoms with Crippen molar-refractivity contribution in [2.45, 2.75) is 32.2 Å². The highest BCUT2D eigenvalue weighted by atomic mass is 16.5. The fourth-order valence-corrected chi connectivity index (χ4v) is 3.94. The summed E-state index contributed by atoms with van der Waals surface area (Å²) in [5.74, 6) is 0.0331. The van der Waals surface area contributed by atoms with Crippen molar-refractivity contribution in [1.82, 2.24) is 15.1 Å². The van der Waals surface area contributed by atoms with Gasteiger partial charge >= 0.3 is 0 Å². The summed E-state index contributed by atoms with van der Waals surface area (Å²) >= 11 is 0. The van der Waals surface area contributed by atoms with E-state index in [9.17, 15) is 9.59 Å². The van der Waals surface area contributed by atoms with Crippen molar-refractivity contribution in [2.75, 3.05) is 45.9 Å². The number of carbonyl (C=O) groups is 2. The lowest BCUT2D eigenvalue weighted by Crippen LogP contribution is -2.53. The Labute approximate surface area is 125 Å². The largest absolute Gasteiger partial charge is 0.381 e. The van der Waals surface area contributed by atoms with E-state index in [1.54, 1.807) is 4.90 Å². The highest BCUT2D eigenvalue weighted by molar-refractivity contribution is 5.86. The van der Waals surface area contributed by atoms with E-state index in [4.69, 9.17) is 4.74 Å². The van der Waals surface area contributed by atoms with E-state index in [1.165, 1.54) is 0 Å². The predicted molar refractivity (Wildman–Crippen MR) is 77.7 cm³/mol. The summed E-state index contributed by atoms with van der Waals surface area (Å²) in [5, 5.41) is 2.76. The fraction of sp³-hybridized carbons (Fsp3) is 0.867. The molecule has 3 aliphatic rings. The third-order valence-corrected chi connectivity index (χ3v) is 5.55. The van der Waals surface area contributed by atoms with Crippen LogP contribution >= 0.6 is 0 Å². The van der Waals surface area contributed by atoms with Crippen LogP contribution in [0.4, 0.5) is 0 Å². The first-order chi connectivity index (χ1) is 10.1. The van der Waals surface area contributed by atoms with E-state index < -0.39 is 0 Å². The monoisotopic (exact) mass is 295 g/mol. The zero-order valence-electron chi connectivity index (χ0n) is 12.8. The quantitative estimate of drug-likeness (QED) is 0.769. The second-order valence-corrected chi connectivity index (χ2v) is 6.54. The first-order valence-corrected chi connectivity index (χ1v) is 7.97. The minimum Gasteiger partial charge on any atom is -0.381 e. The van der Waals surface area contributed by atoms with Gasteiger partial charge in [0.1, 0.15) is 0 Å². The number of hydrogen-bond acceptors (Lipinski definition) is 4. The van der Waals surface area contributed by atoms with Gasteiger partial charge in [-0.1, -0.05) is 0 Å². The van der Waals surface area contributed by atoms with Gasteiger partial charge in [0.05, 0.1) is 13.1 Å². The van der Waals surface area contributed by atoms with Gasteiger partial charge in [-0.15, -0.1) is 0 Å². The number of nitrogens with one attached hydrogen (secondary N) is 1. The molecule has 3 heterocycles. The van der Waals surface area contributed by atoms with Crippen LogP contribution in [0, 0.1) is 5.41 Å². The molecule has 0 bridgehead atoms. The van der Waals surface area contributed by atoms with Gasteiger partial charge in [-0.3, -0.25) is 14.5 Å². The summed E-state index contributed by atoms with van der Waals surface area (Å²) in [6.07, 6.45) is 3.36. The molecular weight excluding hydrogens is 270 g/mol. The number of nitrogens with zero attached hydrogens (tertiary/aromatic N) is 2. The maximum absolute atomic E-state index is 12.4. The molecule has 0 aliphatic carbocycles. The Bertz CT molecular complexity index is 420. The lowest BCUT2D eigenvalue weighted by atomic mass is 9.74. The molecule has 3 fully saturated rings. The number of rotatable bonds is 2. The van der Waals surface area contributed by atoms with E-state index in [0.29, 0.717) is 31.1 Å². The molecule has 3 aliphatic heterocycles. The first-order valence-electron chi connectivity index (χ1n) is 7.97. The summed E-state index contributed by atoms with van der Waals surface area (Å²) < 4.78 is 5.49. The third-order valence-electron chi connectivity index (χ3n) is 5.55. The lowest BCUT2D eigenvalue weighted by molar-refractivity contribution is -0.139. The van der Waals surface area contributed by atoms with Gasteiger partial charge in [0.2, 0.25) is 11.8 Å². The van der Waals surface area contributed by atoms with Crippen molar-refractivity contribution in [3.63, 3.8) is 0 Å². The minimum absolute atomic E-state index is 0.0510. The van der Waals surface area contributed by atoms with Crippen molar-refractivity contribution in [1.29, 1.82) is 0 Å². The second kappa shape index (κ2) is 5.93. The molecule has 1 atom stereocenters. The molecule has 0 radical (unpaired) electrons. The van der Waals surface area contributed by atoms with Crippen LogP contribution in [0.3, 0.4) is 0 Å². The number of amides is 2. The Morgan fingerprint density at radius 1 is 1.33 bits per heavy atom. The number of carbonyl (C=O) groups excluding carboxylic acids is 2. The highest BCUT2D eigenvalue weighted by Crippen LogP contribution is 2.44. The van der Waals surface area contributed by atoms with Crippen LogP contribution in [0.5, 0.6) is 0 Å². The van der Waals surface area contributed by atoms with Gasteiger partial charge in [0, 0.05) is 32.3 Å². The molecule has 6 nitrogen and oxygen atoms in total. The lowest BCUT2D eigenvalue weighted by Gasteiger charge is -2.39. The fourth-order valence-electron chi connectivity index (χ4n) is 3.94. The van der Waals surface area contributed by atoms with Gasteiger partial charge in [-0.2, -0.15) is 0 Å². The van der Waals surface area contributed by atoms with E-state index >= 15 is 0 Å². The number of likely N-dealkylation sites (tertiary alicyclic amines) is 1. The summed E-state index contributed by atoms with van der Waals surface area (Å²) in [4.78, 5) is 27.8. The molecule has 1 N–H and O–H groups in total. The van der Waals surface area contributed by atoms with Crippen LogP contribution < -0.4 is 5.32 Å². The van der Waals surface area contributed by atoms with Gasteiger partial charge in [0.25, 0.3) is 0 Å². The van der Waals surface area contributed by atoms with Gasteiger partial charge < -0.3 is 15.0 Å². The molecule has 1 spiro atoms. The van der Waals surface area contributed by atoms with E-state index in [0.717, 1.165) is 39.0 Å². The predicted octanol–water partition coefficient (Wildman–Crippen LogP) is -0.164. The highest BCUT2D eigenvalue weighted by Gasteiger charge is 2.46. The van der Waals surface area contributed by atoms with Crippen molar-refractivity contribution >= 4 is 11.8 Å². The van der Waals surface area contributed by atoms with Gasteiger partial charge in [-0.05, 0) is 38.1 Å². The van der Waals surface area contributed by atoms with Gasteiger partial charge in [-0.25, -0.2) is 0 Å². The van der Waals surface area contributed by atoms with Crippen molar-refractivity contribution < 1.29 is 14.3 Å². The zero-order valence-corrected chi connectivity index (χ0v) is 12.8. The molecule has 3 rings (SSSR count). The van der Waals surface area contributed by atoms with Crippen molar-refractivity contribution in [2.24, 2.45) is 5.41 Å². The second-order valence-electron chi connectivity index (χ2n) is 6.54. The standard InChI is InChI=1S/C15H25N3O3/c1-12-15(3-8-21-9-4-15)2-6-17(12)11-14(20)18-7-5-16-13(19)10-18/h12H,2-11H2,1H3,(H,16,19). The molecule has 0 aromatic rings. The molecule has 118 valence electrons. The summed E-state index contributed by atoms with van der Waals surface area (Å²) in [5.41, 5.74) is 0.331. The molecule has 3 saturated heterocycles. The molecule has 21 heavy (non-hydrogen) atoms. The summed E-state index contributed by atoms with van der Waals surface area (Å²) in [6, 6.07) is 0.420. The maximum Gasteiger partial charge on any atom is 0.239 e. The molecular formula is C15H25N3O3. The van der Waals surface area contributed by atoms with E-state index in [-0.39, 0.29) is 18.4 Å². The van der Waals surface area contributed by atoms with Crippen LogP contribution in [0.25, 0.3) is 0 Å². The third kappa shape index (κ3) is 2.92. The SMILES string of the molecule is CC1N(CC(=O)N2CCNC(=O)C2)CCC12CCOCC2. The Hall–Kier alpha value is -1.14. The number of ether oxygens (including phenoxy) is 1. The molecule has 1 unspecified atom stereocenters. The first kappa shape index (κ1) is 14.8. The summed E-state index contributed by atoms with van der Waals surface area (Å²) in [6.45, 7) is 6.77. The average Bonchev–Trinajstić information content (AvgIpc) is 2.78. The number of hydrogen-bond donors (Lipinski definition) is 1.